The minimum Gasteiger partial charge on any atom is -0.391 e. The third-order valence-electron chi connectivity index (χ3n) is 2.00. The zero-order chi connectivity index (χ0) is 10.3. The minimum absolute atomic E-state index is 0.283. The highest BCUT2D eigenvalue weighted by molar-refractivity contribution is 4.60. The Labute approximate surface area is 82.3 Å². The molecule has 0 aromatic heterocycles. The van der Waals surface area contributed by atoms with Gasteiger partial charge in [-0.25, -0.2) is 0 Å². The summed E-state index contributed by atoms with van der Waals surface area (Å²) in [7, 11) is 0. The van der Waals surface area contributed by atoms with Crippen LogP contribution < -0.4 is 0 Å². The summed E-state index contributed by atoms with van der Waals surface area (Å²) in [5, 5.41) is 9.19. The number of hydrogen-bond donors (Lipinski definition) is 1. The van der Waals surface area contributed by atoms with Crippen LogP contribution in [0.3, 0.4) is 0 Å². The van der Waals surface area contributed by atoms with Crippen molar-refractivity contribution in [3.63, 3.8) is 0 Å². The molecule has 0 aromatic carbocycles. The Bertz CT molecular complexity index is 116. The summed E-state index contributed by atoms with van der Waals surface area (Å²) in [6.45, 7) is 9.91. The summed E-state index contributed by atoms with van der Waals surface area (Å²) >= 11 is 0. The van der Waals surface area contributed by atoms with Crippen molar-refractivity contribution in [2.45, 2.75) is 53.1 Å². The number of rotatable bonds is 6. The number of aliphatic hydroxyl groups excluding tert-OH is 1. The quantitative estimate of drug-likeness (QED) is 0.649. The molecule has 0 aliphatic rings. The maximum atomic E-state index is 9.19. The van der Waals surface area contributed by atoms with E-state index in [2.05, 4.69) is 20.8 Å². The van der Waals surface area contributed by atoms with Crippen LogP contribution in [0.1, 0.15) is 47.0 Å². The second-order valence-electron chi connectivity index (χ2n) is 4.80. The number of ether oxygens (including phenoxy) is 1. The maximum absolute atomic E-state index is 9.19. The number of hydrogen-bond acceptors (Lipinski definition) is 2. The molecule has 0 saturated carbocycles. The summed E-state index contributed by atoms with van der Waals surface area (Å²) in [5.41, 5.74) is 0.396. The Kier molecular flexibility index (Phi) is 6.35. The van der Waals surface area contributed by atoms with Gasteiger partial charge in [0.2, 0.25) is 0 Å². The van der Waals surface area contributed by atoms with Crippen LogP contribution in [-0.4, -0.2) is 24.4 Å². The molecule has 0 aliphatic heterocycles. The molecule has 0 rings (SSSR count). The van der Waals surface area contributed by atoms with Gasteiger partial charge in [0, 0.05) is 6.61 Å². The van der Waals surface area contributed by atoms with Gasteiger partial charge < -0.3 is 9.84 Å². The summed E-state index contributed by atoms with van der Waals surface area (Å²) in [6, 6.07) is 0. The molecule has 1 N–H and O–H groups in total. The van der Waals surface area contributed by atoms with Gasteiger partial charge in [0.25, 0.3) is 0 Å². The number of aliphatic hydroxyl groups is 1. The van der Waals surface area contributed by atoms with Crippen molar-refractivity contribution in [3.8, 4) is 0 Å². The maximum Gasteiger partial charge on any atom is 0.0771 e. The molecule has 2 nitrogen and oxygen atoms in total. The average Bonchev–Trinajstić information content (AvgIpc) is 2.01. The van der Waals surface area contributed by atoms with Crippen LogP contribution in [0, 0.1) is 5.41 Å². The van der Waals surface area contributed by atoms with Gasteiger partial charge in [-0.3, -0.25) is 0 Å². The van der Waals surface area contributed by atoms with Crippen molar-refractivity contribution in [2.75, 3.05) is 13.2 Å². The third kappa shape index (κ3) is 9.84. The van der Waals surface area contributed by atoms with Crippen LogP contribution in [0.5, 0.6) is 0 Å². The van der Waals surface area contributed by atoms with Crippen LogP contribution >= 0.6 is 0 Å². The lowest BCUT2D eigenvalue weighted by atomic mass is 9.91. The lowest BCUT2D eigenvalue weighted by Gasteiger charge is -2.17. The molecule has 0 radical (unpaired) electrons. The van der Waals surface area contributed by atoms with Gasteiger partial charge in [0.1, 0.15) is 0 Å². The fraction of sp³-hybridized carbons (Fsp3) is 1.00. The topological polar surface area (TPSA) is 29.5 Å². The van der Waals surface area contributed by atoms with Crippen LogP contribution in [0.15, 0.2) is 0 Å². The van der Waals surface area contributed by atoms with Crippen molar-refractivity contribution in [1.82, 2.24) is 0 Å². The molecule has 1 atom stereocenters. The Morgan fingerprint density at radius 1 is 1.31 bits per heavy atom. The minimum atomic E-state index is -0.283. The third-order valence-corrected chi connectivity index (χ3v) is 2.00. The van der Waals surface area contributed by atoms with Gasteiger partial charge in [0.15, 0.2) is 0 Å². The van der Waals surface area contributed by atoms with Crippen LogP contribution in [0.2, 0.25) is 0 Å². The summed E-state index contributed by atoms with van der Waals surface area (Å²) in [5.74, 6) is 0. The molecule has 13 heavy (non-hydrogen) atoms. The van der Waals surface area contributed by atoms with Crippen molar-refractivity contribution in [1.29, 1.82) is 0 Å². The largest absolute Gasteiger partial charge is 0.391 e. The molecular weight excluding hydrogens is 164 g/mol. The fourth-order valence-corrected chi connectivity index (χ4v) is 1.04. The van der Waals surface area contributed by atoms with E-state index in [1.807, 2.05) is 6.92 Å². The molecule has 0 heterocycles. The molecule has 0 aliphatic carbocycles. The Balaban J connectivity index is 3.18. The second-order valence-corrected chi connectivity index (χ2v) is 4.80. The molecule has 0 bridgehead atoms. The smallest absolute Gasteiger partial charge is 0.0771 e. The van der Waals surface area contributed by atoms with Gasteiger partial charge in [-0.2, -0.15) is 0 Å². The lowest BCUT2D eigenvalue weighted by Crippen LogP contribution is -2.15. The van der Waals surface area contributed by atoms with E-state index >= 15 is 0 Å². The summed E-state index contributed by atoms with van der Waals surface area (Å²) < 4.78 is 5.33. The van der Waals surface area contributed by atoms with Crippen LogP contribution in [0.25, 0.3) is 0 Å². The van der Waals surface area contributed by atoms with Crippen LogP contribution in [-0.2, 0) is 4.74 Å². The standard InChI is InChI=1S/C11H24O2/c1-5-10(12)9-13-8-6-7-11(2,3)4/h10,12H,5-9H2,1-4H3. The summed E-state index contributed by atoms with van der Waals surface area (Å²) in [6.07, 6.45) is 2.75. The fourth-order valence-electron chi connectivity index (χ4n) is 1.04. The van der Waals surface area contributed by atoms with Crippen molar-refractivity contribution in [3.05, 3.63) is 0 Å². The van der Waals surface area contributed by atoms with E-state index in [1.54, 1.807) is 0 Å². The van der Waals surface area contributed by atoms with E-state index in [0.717, 1.165) is 19.4 Å². The summed E-state index contributed by atoms with van der Waals surface area (Å²) in [4.78, 5) is 0. The van der Waals surface area contributed by atoms with E-state index in [-0.39, 0.29) is 6.10 Å². The van der Waals surface area contributed by atoms with E-state index < -0.39 is 0 Å². The van der Waals surface area contributed by atoms with E-state index in [1.165, 1.54) is 6.42 Å². The molecule has 2 heteroatoms. The zero-order valence-corrected chi connectivity index (χ0v) is 9.47. The second kappa shape index (κ2) is 6.39. The lowest BCUT2D eigenvalue weighted by molar-refractivity contribution is 0.0314. The molecule has 0 saturated heterocycles. The first-order chi connectivity index (χ1) is 5.95. The van der Waals surface area contributed by atoms with Gasteiger partial charge in [-0.1, -0.05) is 27.7 Å². The monoisotopic (exact) mass is 188 g/mol. The SMILES string of the molecule is CCC(O)COCCCC(C)(C)C. The molecule has 0 fully saturated rings. The van der Waals surface area contributed by atoms with E-state index in [0.29, 0.717) is 12.0 Å². The Morgan fingerprint density at radius 3 is 2.38 bits per heavy atom. The first-order valence-corrected chi connectivity index (χ1v) is 5.21. The molecule has 80 valence electrons. The first kappa shape index (κ1) is 12.9. The highest BCUT2D eigenvalue weighted by Crippen LogP contribution is 2.20. The predicted molar refractivity (Wildman–Crippen MR) is 55.8 cm³/mol. The van der Waals surface area contributed by atoms with Crippen LogP contribution in [0.4, 0.5) is 0 Å². The van der Waals surface area contributed by atoms with Gasteiger partial charge in [-0.05, 0) is 24.7 Å². The normalized spacial score (nSPS) is 14.5. The molecular formula is C11H24O2. The van der Waals surface area contributed by atoms with Crippen molar-refractivity contribution in [2.24, 2.45) is 5.41 Å². The van der Waals surface area contributed by atoms with E-state index in [9.17, 15) is 5.11 Å². The Hall–Kier alpha value is -0.0800. The zero-order valence-electron chi connectivity index (χ0n) is 9.47. The first-order valence-electron chi connectivity index (χ1n) is 5.21. The molecule has 0 amide bonds. The van der Waals surface area contributed by atoms with Gasteiger partial charge >= 0.3 is 0 Å². The molecule has 1 unspecified atom stereocenters. The predicted octanol–water partition coefficient (Wildman–Crippen LogP) is 2.60. The van der Waals surface area contributed by atoms with Crippen molar-refractivity contribution >= 4 is 0 Å². The van der Waals surface area contributed by atoms with Crippen molar-refractivity contribution < 1.29 is 9.84 Å². The van der Waals surface area contributed by atoms with Gasteiger partial charge in [-0.15, -0.1) is 0 Å². The highest BCUT2D eigenvalue weighted by Gasteiger charge is 2.09. The van der Waals surface area contributed by atoms with E-state index in [4.69, 9.17) is 4.74 Å². The average molecular weight is 188 g/mol. The molecule has 0 aromatic rings. The molecule has 0 spiro atoms. The van der Waals surface area contributed by atoms with Gasteiger partial charge in [0.05, 0.1) is 12.7 Å². The highest BCUT2D eigenvalue weighted by atomic mass is 16.5. The Morgan fingerprint density at radius 2 is 1.92 bits per heavy atom.